The highest BCUT2D eigenvalue weighted by Crippen LogP contribution is 2.52. The van der Waals surface area contributed by atoms with Crippen molar-refractivity contribution in [2.45, 2.75) is 18.4 Å². The van der Waals surface area contributed by atoms with Crippen LogP contribution in [0.15, 0.2) is 48.5 Å². The minimum Gasteiger partial charge on any atom is -0.481 e. The first-order valence-corrected chi connectivity index (χ1v) is 12.2. The first-order chi connectivity index (χ1) is 17.0. The molecule has 8 nitrogen and oxygen atoms in total. The number of aliphatic carboxylic acids is 1. The smallest absolute Gasteiger partial charge is 0.407 e. The van der Waals surface area contributed by atoms with Gasteiger partial charge in [0, 0.05) is 19.0 Å². The largest absolute Gasteiger partial charge is 0.481 e. The van der Waals surface area contributed by atoms with E-state index in [1.54, 1.807) is 4.90 Å². The lowest BCUT2D eigenvalue weighted by molar-refractivity contribution is -0.140. The molecule has 2 aliphatic heterocycles. The molecule has 0 radical (unpaired) electrons. The van der Waals surface area contributed by atoms with Crippen molar-refractivity contribution < 1.29 is 29.0 Å². The predicted molar refractivity (Wildman–Crippen MR) is 126 cm³/mol. The molecule has 5 atom stereocenters. The van der Waals surface area contributed by atoms with Gasteiger partial charge in [-0.2, -0.15) is 0 Å². The molecule has 2 saturated heterocycles. The van der Waals surface area contributed by atoms with Crippen LogP contribution in [-0.2, 0) is 19.1 Å². The zero-order valence-electron chi connectivity index (χ0n) is 19.3. The van der Waals surface area contributed by atoms with E-state index in [0.29, 0.717) is 19.5 Å². The van der Waals surface area contributed by atoms with Crippen LogP contribution >= 0.6 is 0 Å². The Hall–Kier alpha value is -3.39. The number of fused-ring (bicyclic) bond motifs is 4. The number of alkyl carbamates (subject to hydrolysis) is 1. The molecule has 0 spiro atoms. The maximum Gasteiger partial charge on any atom is 0.407 e. The number of benzene rings is 2. The van der Waals surface area contributed by atoms with E-state index in [1.165, 1.54) is 0 Å². The first kappa shape index (κ1) is 22.1. The highest BCUT2D eigenvalue weighted by atomic mass is 16.5. The Bertz CT molecular complexity index is 1140. The number of likely N-dealkylation sites (tertiary alicyclic amines) is 1. The third-order valence-corrected chi connectivity index (χ3v) is 8.14. The number of nitrogens with one attached hydrogen (secondary N) is 1. The molecule has 1 saturated carbocycles. The molecular formula is C27H28N2O6. The summed E-state index contributed by atoms with van der Waals surface area (Å²) in [5.41, 5.74) is 4.61. The van der Waals surface area contributed by atoms with Gasteiger partial charge in [0.2, 0.25) is 5.91 Å². The second-order valence-corrected chi connectivity index (χ2v) is 9.98. The number of nitrogens with zero attached hydrogens (tertiary/aromatic N) is 1. The van der Waals surface area contributed by atoms with Crippen LogP contribution in [0.25, 0.3) is 11.1 Å². The van der Waals surface area contributed by atoms with Crippen LogP contribution in [0, 0.1) is 23.7 Å². The van der Waals surface area contributed by atoms with Crippen molar-refractivity contribution in [1.82, 2.24) is 10.2 Å². The van der Waals surface area contributed by atoms with E-state index in [4.69, 9.17) is 9.47 Å². The Labute approximate surface area is 203 Å². The number of rotatable bonds is 5. The Morgan fingerprint density at radius 2 is 1.69 bits per heavy atom. The number of carbonyl (C=O) groups excluding carboxylic acids is 2. The van der Waals surface area contributed by atoms with Crippen molar-refractivity contribution in [3.8, 4) is 11.1 Å². The van der Waals surface area contributed by atoms with Crippen LogP contribution < -0.4 is 5.32 Å². The van der Waals surface area contributed by atoms with Crippen LogP contribution in [0.4, 0.5) is 4.79 Å². The molecule has 182 valence electrons. The lowest BCUT2D eigenvalue weighted by Crippen LogP contribution is -2.49. The van der Waals surface area contributed by atoms with E-state index < -0.39 is 24.0 Å². The van der Waals surface area contributed by atoms with E-state index in [-0.39, 0.29) is 49.4 Å². The molecule has 2 aliphatic carbocycles. The summed E-state index contributed by atoms with van der Waals surface area (Å²) in [5, 5.41) is 12.2. The SMILES string of the molecule is O=C(NC1COCC1C(=O)N1CC[C@H]2C(C(=O)O)[C@H]2C1)OCC1c2ccccc2-c2ccccc21. The van der Waals surface area contributed by atoms with Gasteiger partial charge in [0.25, 0.3) is 0 Å². The maximum atomic E-state index is 13.2. The van der Waals surface area contributed by atoms with E-state index in [0.717, 1.165) is 22.3 Å². The molecule has 6 rings (SSSR count). The van der Waals surface area contributed by atoms with Crippen molar-refractivity contribution in [2.24, 2.45) is 23.7 Å². The van der Waals surface area contributed by atoms with Crippen molar-refractivity contribution in [3.05, 3.63) is 59.7 Å². The van der Waals surface area contributed by atoms with Gasteiger partial charge in [0.05, 0.1) is 31.1 Å². The summed E-state index contributed by atoms with van der Waals surface area (Å²) in [6.45, 7) is 1.71. The summed E-state index contributed by atoms with van der Waals surface area (Å²) in [5.74, 6) is -1.48. The Morgan fingerprint density at radius 3 is 2.37 bits per heavy atom. The van der Waals surface area contributed by atoms with Crippen molar-refractivity contribution in [1.29, 1.82) is 0 Å². The minimum atomic E-state index is -0.770. The molecule has 8 heteroatoms. The molecule has 35 heavy (non-hydrogen) atoms. The zero-order chi connectivity index (χ0) is 24.1. The summed E-state index contributed by atoms with van der Waals surface area (Å²) in [6, 6.07) is 15.8. The highest BCUT2D eigenvalue weighted by molar-refractivity contribution is 5.82. The van der Waals surface area contributed by atoms with Crippen molar-refractivity contribution >= 4 is 18.0 Å². The minimum absolute atomic E-state index is 0.0348. The van der Waals surface area contributed by atoms with Gasteiger partial charge in [-0.05, 0) is 40.5 Å². The van der Waals surface area contributed by atoms with E-state index in [1.807, 2.05) is 24.3 Å². The Kier molecular flexibility index (Phi) is 5.48. The lowest BCUT2D eigenvalue weighted by atomic mass is 9.98. The average molecular weight is 477 g/mol. The van der Waals surface area contributed by atoms with Crippen molar-refractivity contribution in [3.63, 3.8) is 0 Å². The number of hydrogen-bond donors (Lipinski definition) is 2. The monoisotopic (exact) mass is 476 g/mol. The molecule has 0 bridgehead atoms. The van der Waals surface area contributed by atoms with Gasteiger partial charge in [0.1, 0.15) is 6.61 Å². The predicted octanol–water partition coefficient (Wildman–Crippen LogP) is 2.72. The molecule has 2 N–H and O–H groups in total. The summed E-state index contributed by atoms with van der Waals surface area (Å²) in [6.07, 6.45) is 0.151. The molecule has 3 unspecified atom stereocenters. The van der Waals surface area contributed by atoms with Gasteiger partial charge in [-0.3, -0.25) is 9.59 Å². The second-order valence-electron chi connectivity index (χ2n) is 9.98. The standard InChI is InChI=1S/C27H28N2O6/c30-25(29-10-9-19-20(11-29)24(19)26(31)32)22-12-34-14-23(22)28-27(33)35-13-21-17-7-3-1-5-15(17)16-6-2-4-8-18(16)21/h1-8,19-24H,9-14H2,(H,28,33)(H,31,32)/t19-,20+,22?,23?,24?/m1/s1. The summed E-state index contributed by atoms with van der Waals surface area (Å²) in [4.78, 5) is 39.0. The highest BCUT2D eigenvalue weighted by Gasteiger charge is 2.58. The topological polar surface area (TPSA) is 105 Å². The molecule has 2 aromatic carbocycles. The van der Waals surface area contributed by atoms with Gasteiger partial charge in [-0.1, -0.05) is 48.5 Å². The van der Waals surface area contributed by atoms with Crippen molar-refractivity contribution in [2.75, 3.05) is 32.9 Å². The second kappa shape index (κ2) is 8.68. The number of ether oxygens (including phenoxy) is 2. The normalized spacial score (nSPS) is 28.6. The molecule has 3 fully saturated rings. The summed E-state index contributed by atoms with van der Waals surface area (Å²) >= 11 is 0. The molecule has 2 heterocycles. The molecule has 2 amide bonds. The van der Waals surface area contributed by atoms with Gasteiger partial charge >= 0.3 is 12.1 Å². The zero-order valence-corrected chi connectivity index (χ0v) is 19.3. The number of carboxylic acids is 1. The number of carbonyl (C=O) groups is 3. The maximum absolute atomic E-state index is 13.2. The van der Waals surface area contributed by atoms with E-state index >= 15 is 0 Å². The number of carboxylic acid groups (broad SMARTS) is 1. The van der Waals surface area contributed by atoms with Crippen LogP contribution in [0.5, 0.6) is 0 Å². The fourth-order valence-corrected chi connectivity index (χ4v) is 6.27. The number of amides is 2. The van der Waals surface area contributed by atoms with Gasteiger partial charge in [-0.25, -0.2) is 4.79 Å². The Balaban J connectivity index is 1.07. The third-order valence-electron chi connectivity index (χ3n) is 8.14. The fourth-order valence-electron chi connectivity index (χ4n) is 6.27. The van der Waals surface area contributed by atoms with Gasteiger partial charge in [0.15, 0.2) is 0 Å². The van der Waals surface area contributed by atoms with E-state index in [9.17, 15) is 19.5 Å². The molecule has 4 aliphatic rings. The Morgan fingerprint density at radius 1 is 1.00 bits per heavy atom. The van der Waals surface area contributed by atoms with Crippen LogP contribution in [0.1, 0.15) is 23.5 Å². The molecule has 0 aromatic heterocycles. The van der Waals surface area contributed by atoms with Gasteiger partial charge in [-0.15, -0.1) is 0 Å². The van der Waals surface area contributed by atoms with Crippen LogP contribution in [0.3, 0.4) is 0 Å². The van der Waals surface area contributed by atoms with Gasteiger partial charge < -0.3 is 24.8 Å². The third kappa shape index (κ3) is 3.86. The first-order valence-electron chi connectivity index (χ1n) is 12.2. The van der Waals surface area contributed by atoms with E-state index in [2.05, 4.69) is 29.6 Å². The summed E-state index contributed by atoms with van der Waals surface area (Å²) < 4.78 is 11.2. The quantitative estimate of drug-likeness (QED) is 0.688. The number of piperidine rings is 1. The molecule has 2 aromatic rings. The fraction of sp³-hybridized carbons (Fsp3) is 0.444. The molecular weight excluding hydrogens is 448 g/mol. The summed E-state index contributed by atoms with van der Waals surface area (Å²) in [7, 11) is 0. The lowest BCUT2D eigenvalue weighted by Gasteiger charge is -2.30. The average Bonchev–Trinajstić information content (AvgIpc) is 3.27. The van der Waals surface area contributed by atoms with Crippen LogP contribution in [0.2, 0.25) is 0 Å². The van der Waals surface area contributed by atoms with Crippen LogP contribution in [-0.4, -0.2) is 66.9 Å². The number of hydrogen-bond acceptors (Lipinski definition) is 5.